The van der Waals surface area contributed by atoms with Crippen LogP contribution in [0.15, 0.2) is 53.4 Å². The third kappa shape index (κ3) is 5.02. The lowest BCUT2D eigenvalue weighted by Crippen LogP contribution is -2.28. The summed E-state index contributed by atoms with van der Waals surface area (Å²) in [5.41, 5.74) is 0.0538. The molecule has 8 heteroatoms. The Morgan fingerprint density at radius 1 is 1.09 bits per heavy atom. The molecule has 0 aliphatic rings. The fourth-order valence-electron chi connectivity index (χ4n) is 1.77. The zero-order valence-electron chi connectivity index (χ0n) is 11.9. The normalized spacial score (nSPS) is 11.2. The number of carbonyl (C=O) groups excluding carboxylic acids is 1. The lowest BCUT2D eigenvalue weighted by Gasteiger charge is -2.08. The van der Waals surface area contributed by atoms with Crippen molar-refractivity contribution in [3.8, 4) is 0 Å². The van der Waals surface area contributed by atoms with Crippen molar-refractivity contribution in [2.45, 2.75) is 11.3 Å². The van der Waals surface area contributed by atoms with Gasteiger partial charge in [-0.1, -0.05) is 23.7 Å². The molecule has 1 amide bonds. The first-order valence-corrected chi connectivity index (χ1v) is 8.54. The highest BCUT2D eigenvalue weighted by Crippen LogP contribution is 2.14. The highest BCUT2D eigenvalue weighted by molar-refractivity contribution is 7.89. The molecule has 2 rings (SSSR count). The average Bonchev–Trinajstić information content (AvgIpc) is 2.50. The van der Waals surface area contributed by atoms with E-state index in [0.717, 1.165) is 0 Å². The number of benzene rings is 2. The van der Waals surface area contributed by atoms with E-state index in [-0.39, 0.29) is 23.5 Å². The molecule has 0 bridgehead atoms. The molecule has 0 aliphatic carbocycles. The Labute approximate surface area is 138 Å². The highest BCUT2D eigenvalue weighted by Gasteiger charge is 2.14. The lowest BCUT2D eigenvalue weighted by atomic mass is 10.3. The summed E-state index contributed by atoms with van der Waals surface area (Å²) < 4.78 is 39.7. The van der Waals surface area contributed by atoms with Gasteiger partial charge in [-0.3, -0.25) is 4.79 Å². The summed E-state index contributed by atoms with van der Waals surface area (Å²) in [5, 5.41) is 2.80. The van der Waals surface area contributed by atoms with Gasteiger partial charge in [0.1, 0.15) is 5.82 Å². The second-order valence-corrected chi connectivity index (χ2v) is 6.83. The standard InChI is InChI=1S/C15H14ClFN2O3S/c16-11-5-7-12(8-6-11)23(21,22)18-10-9-15(20)19-14-4-2-1-3-13(14)17/h1-8,18H,9-10H2,(H,19,20). The number of hydrogen-bond acceptors (Lipinski definition) is 3. The summed E-state index contributed by atoms with van der Waals surface area (Å²) in [6.45, 7) is -0.106. The maximum absolute atomic E-state index is 13.4. The topological polar surface area (TPSA) is 75.3 Å². The van der Waals surface area contributed by atoms with E-state index >= 15 is 0 Å². The molecule has 0 unspecified atom stereocenters. The van der Waals surface area contributed by atoms with Crippen molar-refractivity contribution >= 4 is 33.2 Å². The highest BCUT2D eigenvalue weighted by atomic mass is 35.5. The molecule has 0 saturated carbocycles. The summed E-state index contributed by atoms with van der Waals surface area (Å²) in [7, 11) is -3.72. The predicted molar refractivity (Wildman–Crippen MR) is 86.3 cm³/mol. The minimum absolute atomic E-state index is 0.0522. The molecule has 0 heterocycles. The van der Waals surface area contributed by atoms with E-state index in [4.69, 9.17) is 11.6 Å². The molecule has 122 valence electrons. The summed E-state index contributed by atoms with van der Waals surface area (Å²) >= 11 is 5.70. The van der Waals surface area contributed by atoms with Crippen LogP contribution in [-0.4, -0.2) is 20.9 Å². The smallest absolute Gasteiger partial charge is 0.240 e. The van der Waals surface area contributed by atoms with Crippen LogP contribution in [-0.2, 0) is 14.8 Å². The van der Waals surface area contributed by atoms with Gasteiger partial charge in [0.15, 0.2) is 0 Å². The van der Waals surface area contributed by atoms with Gasteiger partial charge >= 0.3 is 0 Å². The first-order valence-electron chi connectivity index (χ1n) is 6.68. The molecule has 0 radical (unpaired) electrons. The fraction of sp³-hybridized carbons (Fsp3) is 0.133. The monoisotopic (exact) mass is 356 g/mol. The Morgan fingerprint density at radius 2 is 1.74 bits per heavy atom. The minimum atomic E-state index is -3.72. The van der Waals surface area contributed by atoms with Crippen LogP contribution in [0.5, 0.6) is 0 Å². The van der Waals surface area contributed by atoms with Crippen LogP contribution in [0.4, 0.5) is 10.1 Å². The third-order valence-electron chi connectivity index (χ3n) is 2.92. The molecule has 0 spiro atoms. The van der Waals surface area contributed by atoms with Crippen LogP contribution >= 0.6 is 11.6 Å². The van der Waals surface area contributed by atoms with E-state index in [1.165, 1.54) is 42.5 Å². The molecule has 0 fully saturated rings. The summed E-state index contributed by atoms with van der Waals surface area (Å²) in [5.74, 6) is -1.04. The van der Waals surface area contributed by atoms with Gasteiger partial charge in [-0.15, -0.1) is 0 Å². The Bertz CT molecular complexity index is 795. The van der Waals surface area contributed by atoms with E-state index < -0.39 is 21.7 Å². The molecule has 0 atom stereocenters. The Hall–Kier alpha value is -1.96. The first kappa shape index (κ1) is 17.4. The number of hydrogen-bond donors (Lipinski definition) is 2. The number of carbonyl (C=O) groups is 1. The minimum Gasteiger partial charge on any atom is -0.324 e. The number of anilines is 1. The third-order valence-corrected chi connectivity index (χ3v) is 4.64. The van der Waals surface area contributed by atoms with Gasteiger partial charge in [0.25, 0.3) is 0 Å². The van der Waals surface area contributed by atoms with E-state index in [1.54, 1.807) is 6.07 Å². The van der Waals surface area contributed by atoms with Crippen LogP contribution in [0.25, 0.3) is 0 Å². The zero-order chi connectivity index (χ0) is 16.9. The lowest BCUT2D eigenvalue weighted by molar-refractivity contribution is -0.116. The molecule has 2 N–H and O–H groups in total. The number of amides is 1. The molecule has 2 aromatic rings. The van der Waals surface area contributed by atoms with Crippen LogP contribution < -0.4 is 10.0 Å². The van der Waals surface area contributed by atoms with Crippen LogP contribution in [0, 0.1) is 5.82 Å². The fourth-order valence-corrected chi connectivity index (χ4v) is 2.93. The van der Waals surface area contributed by atoms with Gasteiger partial charge in [-0.25, -0.2) is 17.5 Å². The second kappa shape index (κ2) is 7.54. The van der Waals surface area contributed by atoms with Crippen molar-refractivity contribution in [1.29, 1.82) is 0 Å². The van der Waals surface area contributed by atoms with E-state index in [9.17, 15) is 17.6 Å². The second-order valence-electron chi connectivity index (χ2n) is 4.63. The summed E-state index contributed by atoms with van der Waals surface area (Å²) in [6, 6.07) is 11.4. The molecule has 5 nitrogen and oxygen atoms in total. The maximum atomic E-state index is 13.4. The number of rotatable bonds is 6. The maximum Gasteiger partial charge on any atom is 0.240 e. The van der Waals surface area contributed by atoms with E-state index in [2.05, 4.69) is 10.0 Å². The van der Waals surface area contributed by atoms with Gasteiger partial charge < -0.3 is 5.32 Å². The van der Waals surface area contributed by atoms with Crippen molar-refractivity contribution in [2.75, 3.05) is 11.9 Å². The molecule has 23 heavy (non-hydrogen) atoms. The van der Waals surface area contributed by atoms with E-state index in [1.807, 2.05) is 0 Å². The van der Waals surface area contributed by atoms with Gasteiger partial charge in [0.05, 0.1) is 10.6 Å². The Balaban J connectivity index is 1.88. The Morgan fingerprint density at radius 3 is 2.39 bits per heavy atom. The molecular weight excluding hydrogens is 343 g/mol. The van der Waals surface area contributed by atoms with Crippen molar-refractivity contribution in [3.63, 3.8) is 0 Å². The summed E-state index contributed by atoms with van der Waals surface area (Å²) in [4.78, 5) is 11.8. The summed E-state index contributed by atoms with van der Waals surface area (Å²) in [6.07, 6.45) is -0.124. The first-order chi connectivity index (χ1) is 10.9. The van der Waals surface area contributed by atoms with Crippen molar-refractivity contribution < 1.29 is 17.6 Å². The quantitative estimate of drug-likeness (QED) is 0.835. The van der Waals surface area contributed by atoms with Gasteiger partial charge in [-0.2, -0.15) is 0 Å². The van der Waals surface area contributed by atoms with E-state index in [0.29, 0.717) is 5.02 Å². The van der Waals surface area contributed by atoms with Crippen molar-refractivity contribution in [1.82, 2.24) is 4.72 Å². The Kier molecular flexibility index (Phi) is 5.70. The zero-order valence-corrected chi connectivity index (χ0v) is 13.5. The average molecular weight is 357 g/mol. The van der Waals surface area contributed by atoms with Gasteiger partial charge in [-0.05, 0) is 36.4 Å². The molecular formula is C15H14ClFN2O3S. The number of para-hydroxylation sites is 1. The van der Waals surface area contributed by atoms with Crippen molar-refractivity contribution in [3.05, 3.63) is 59.4 Å². The molecule has 0 aromatic heterocycles. The molecule has 0 saturated heterocycles. The molecule has 0 aliphatic heterocycles. The van der Waals surface area contributed by atoms with Gasteiger partial charge in [0.2, 0.25) is 15.9 Å². The molecule has 2 aromatic carbocycles. The van der Waals surface area contributed by atoms with Crippen LogP contribution in [0.3, 0.4) is 0 Å². The largest absolute Gasteiger partial charge is 0.324 e. The van der Waals surface area contributed by atoms with Crippen LogP contribution in [0.1, 0.15) is 6.42 Å². The van der Waals surface area contributed by atoms with Gasteiger partial charge in [0, 0.05) is 18.0 Å². The number of sulfonamides is 1. The number of halogens is 2. The number of nitrogens with one attached hydrogen (secondary N) is 2. The SMILES string of the molecule is O=C(CCNS(=O)(=O)c1ccc(Cl)cc1)Nc1ccccc1F. The predicted octanol–water partition coefficient (Wildman–Crippen LogP) is 2.79. The van der Waals surface area contributed by atoms with Crippen LogP contribution in [0.2, 0.25) is 5.02 Å². The van der Waals surface area contributed by atoms with Crippen molar-refractivity contribution in [2.24, 2.45) is 0 Å².